The van der Waals surface area contributed by atoms with Crippen molar-refractivity contribution in [1.29, 1.82) is 0 Å². The van der Waals surface area contributed by atoms with Crippen molar-refractivity contribution in [2.45, 2.75) is 6.92 Å². The van der Waals surface area contributed by atoms with Gasteiger partial charge in [0.05, 0.1) is 12.6 Å². The zero-order valence-electron chi connectivity index (χ0n) is 7.74. The molecule has 0 saturated carbocycles. The van der Waals surface area contributed by atoms with Crippen molar-refractivity contribution in [3.05, 3.63) is 35.9 Å². The average molecular weight is 173 g/mol. The zero-order valence-corrected chi connectivity index (χ0v) is 7.74. The summed E-state index contributed by atoms with van der Waals surface area (Å²) < 4.78 is 5.07. The summed E-state index contributed by atoms with van der Waals surface area (Å²) in [6.07, 6.45) is 0. The van der Waals surface area contributed by atoms with Gasteiger partial charge in [-0.1, -0.05) is 18.2 Å². The van der Waals surface area contributed by atoms with Crippen LogP contribution in [0, 0.1) is 6.92 Å². The van der Waals surface area contributed by atoms with Crippen LogP contribution in [0.5, 0.6) is 5.88 Å². The lowest BCUT2D eigenvalue weighted by Crippen LogP contribution is -1.89. The van der Waals surface area contributed by atoms with Crippen LogP contribution in [-0.4, -0.2) is 12.1 Å². The van der Waals surface area contributed by atoms with E-state index >= 15 is 0 Å². The first-order chi connectivity index (χ1) is 6.31. The van der Waals surface area contributed by atoms with Gasteiger partial charge >= 0.3 is 0 Å². The average Bonchev–Trinajstić information content (AvgIpc) is 2.18. The molecule has 1 aromatic heterocycles. The van der Waals surface area contributed by atoms with Crippen molar-refractivity contribution >= 4 is 10.9 Å². The summed E-state index contributed by atoms with van der Waals surface area (Å²) >= 11 is 0. The summed E-state index contributed by atoms with van der Waals surface area (Å²) in [5.41, 5.74) is 2.19. The zero-order chi connectivity index (χ0) is 9.26. The Morgan fingerprint density at radius 2 is 2.00 bits per heavy atom. The molecule has 0 aliphatic carbocycles. The summed E-state index contributed by atoms with van der Waals surface area (Å²) in [6.45, 7) is 2.05. The largest absolute Gasteiger partial charge is 0.481 e. The smallest absolute Gasteiger partial charge is 0.213 e. The second-order valence-corrected chi connectivity index (χ2v) is 3.00. The van der Waals surface area contributed by atoms with Crippen molar-refractivity contribution in [2.75, 3.05) is 7.11 Å². The third-order valence-corrected chi connectivity index (χ3v) is 2.11. The molecule has 0 bridgehead atoms. The van der Waals surface area contributed by atoms with Crippen LogP contribution in [-0.2, 0) is 0 Å². The summed E-state index contributed by atoms with van der Waals surface area (Å²) in [4.78, 5) is 4.37. The Morgan fingerprint density at radius 1 is 1.15 bits per heavy atom. The molecule has 0 spiro atoms. The maximum atomic E-state index is 5.07. The lowest BCUT2D eigenvalue weighted by molar-refractivity contribution is 0.399. The van der Waals surface area contributed by atoms with Crippen molar-refractivity contribution in [3.63, 3.8) is 0 Å². The summed E-state index contributed by atoms with van der Waals surface area (Å²) in [5, 5.41) is 1.15. The number of rotatable bonds is 1. The molecule has 66 valence electrons. The maximum Gasteiger partial charge on any atom is 0.213 e. The van der Waals surface area contributed by atoms with E-state index in [1.165, 1.54) is 5.56 Å². The van der Waals surface area contributed by atoms with E-state index in [4.69, 9.17) is 4.74 Å². The SMILES string of the molecule is COc1ccc2cccc(C)c2n1. The highest BCUT2D eigenvalue weighted by Gasteiger charge is 1.99. The lowest BCUT2D eigenvalue weighted by atomic mass is 10.1. The molecular weight excluding hydrogens is 162 g/mol. The monoisotopic (exact) mass is 173 g/mol. The number of benzene rings is 1. The third-order valence-electron chi connectivity index (χ3n) is 2.11. The van der Waals surface area contributed by atoms with Gasteiger partial charge in [0.1, 0.15) is 0 Å². The van der Waals surface area contributed by atoms with Gasteiger partial charge in [0.15, 0.2) is 0 Å². The van der Waals surface area contributed by atoms with E-state index in [0.717, 1.165) is 10.9 Å². The number of hydrogen-bond acceptors (Lipinski definition) is 2. The fourth-order valence-electron chi connectivity index (χ4n) is 1.39. The fourth-order valence-corrected chi connectivity index (χ4v) is 1.39. The number of para-hydroxylation sites is 1. The number of aryl methyl sites for hydroxylation is 1. The Labute approximate surface area is 77.2 Å². The number of fused-ring (bicyclic) bond motifs is 1. The van der Waals surface area contributed by atoms with Crippen LogP contribution in [0.1, 0.15) is 5.56 Å². The number of pyridine rings is 1. The van der Waals surface area contributed by atoms with E-state index in [9.17, 15) is 0 Å². The Balaban J connectivity index is 2.74. The Kier molecular flexibility index (Phi) is 1.89. The predicted octanol–water partition coefficient (Wildman–Crippen LogP) is 2.55. The van der Waals surface area contributed by atoms with E-state index in [0.29, 0.717) is 5.88 Å². The van der Waals surface area contributed by atoms with E-state index in [2.05, 4.69) is 24.0 Å². The first-order valence-corrected chi connectivity index (χ1v) is 4.21. The first kappa shape index (κ1) is 8.05. The highest BCUT2D eigenvalue weighted by Crippen LogP contribution is 2.18. The van der Waals surface area contributed by atoms with Gasteiger partial charge in [-0.3, -0.25) is 0 Å². The second-order valence-electron chi connectivity index (χ2n) is 3.00. The van der Waals surface area contributed by atoms with Gasteiger partial charge in [-0.05, 0) is 18.6 Å². The molecule has 0 amide bonds. The molecule has 2 nitrogen and oxygen atoms in total. The number of hydrogen-bond donors (Lipinski definition) is 0. The van der Waals surface area contributed by atoms with Crippen molar-refractivity contribution in [3.8, 4) is 5.88 Å². The first-order valence-electron chi connectivity index (χ1n) is 4.21. The van der Waals surface area contributed by atoms with Crippen molar-refractivity contribution in [2.24, 2.45) is 0 Å². The molecule has 0 aliphatic heterocycles. The Bertz CT molecular complexity index is 437. The predicted molar refractivity (Wildman–Crippen MR) is 53.0 cm³/mol. The number of nitrogens with zero attached hydrogens (tertiary/aromatic N) is 1. The molecule has 2 rings (SSSR count). The lowest BCUT2D eigenvalue weighted by Gasteiger charge is -2.03. The molecule has 0 aliphatic rings. The molecule has 2 aromatic rings. The highest BCUT2D eigenvalue weighted by atomic mass is 16.5. The van der Waals surface area contributed by atoms with Gasteiger partial charge in [-0.15, -0.1) is 0 Å². The van der Waals surface area contributed by atoms with Gasteiger partial charge in [-0.2, -0.15) is 0 Å². The van der Waals surface area contributed by atoms with Gasteiger partial charge in [-0.25, -0.2) is 4.98 Å². The molecule has 0 N–H and O–H groups in total. The van der Waals surface area contributed by atoms with E-state index < -0.39 is 0 Å². The molecule has 0 saturated heterocycles. The molecule has 0 fully saturated rings. The minimum Gasteiger partial charge on any atom is -0.481 e. The van der Waals surface area contributed by atoms with Crippen LogP contribution in [0.15, 0.2) is 30.3 Å². The summed E-state index contributed by atoms with van der Waals surface area (Å²) in [7, 11) is 1.63. The number of ether oxygens (including phenoxy) is 1. The van der Waals surface area contributed by atoms with Gasteiger partial charge < -0.3 is 4.74 Å². The van der Waals surface area contributed by atoms with Gasteiger partial charge in [0.2, 0.25) is 5.88 Å². The fraction of sp³-hybridized carbons (Fsp3) is 0.182. The topological polar surface area (TPSA) is 22.1 Å². The van der Waals surface area contributed by atoms with Crippen LogP contribution in [0.3, 0.4) is 0 Å². The van der Waals surface area contributed by atoms with Crippen molar-refractivity contribution < 1.29 is 4.74 Å². The van der Waals surface area contributed by atoms with Crippen LogP contribution in [0.25, 0.3) is 10.9 Å². The molecule has 1 aromatic carbocycles. The summed E-state index contributed by atoms with van der Waals surface area (Å²) in [6, 6.07) is 10.0. The van der Waals surface area contributed by atoms with E-state index in [1.54, 1.807) is 7.11 Å². The third kappa shape index (κ3) is 1.35. The van der Waals surface area contributed by atoms with Crippen LogP contribution in [0.4, 0.5) is 0 Å². The van der Waals surface area contributed by atoms with Crippen LogP contribution >= 0.6 is 0 Å². The Hall–Kier alpha value is -1.57. The minimum absolute atomic E-state index is 0.668. The molecule has 0 unspecified atom stereocenters. The van der Waals surface area contributed by atoms with E-state index in [-0.39, 0.29) is 0 Å². The van der Waals surface area contributed by atoms with Gasteiger partial charge in [0, 0.05) is 11.5 Å². The Morgan fingerprint density at radius 3 is 2.77 bits per heavy atom. The summed E-state index contributed by atoms with van der Waals surface area (Å²) in [5.74, 6) is 0.668. The van der Waals surface area contributed by atoms with Gasteiger partial charge in [0.25, 0.3) is 0 Å². The minimum atomic E-state index is 0.668. The molecular formula is C11H11NO. The molecule has 13 heavy (non-hydrogen) atoms. The standard InChI is InChI=1S/C11H11NO/c1-8-4-3-5-9-6-7-10(13-2)12-11(8)9/h3-7H,1-2H3. The van der Waals surface area contributed by atoms with Crippen LogP contribution < -0.4 is 4.74 Å². The molecule has 2 heteroatoms. The quantitative estimate of drug-likeness (QED) is 0.661. The van der Waals surface area contributed by atoms with E-state index in [1.807, 2.05) is 18.2 Å². The number of methoxy groups -OCH3 is 1. The second kappa shape index (κ2) is 3.05. The molecule has 0 radical (unpaired) electrons. The molecule has 1 heterocycles. The van der Waals surface area contributed by atoms with Crippen LogP contribution in [0.2, 0.25) is 0 Å². The van der Waals surface area contributed by atoms with Crippen molar-refractivity contribution in [1.82, 2.24) is 4.98 Å². The molecule has 0 atom stereocenters. The highest BCUT2D eigenvalue weighted by molar-refractivity contribution is 5.82. The maximum absolute atomic E-state index is 5.07. The normalized spacial score (nSPS) is 10.3. The number of aromatic nitrogens is 1.